The number of ether oxygens (including phenoxy) is 1. The average Bonchev–Trinajstić information content (AvgIpc) is 3.10. The first-order valence-electron chi connectivity index (χ1n) is 11.0. The molecule has 0 bridgehead atoms. The number of anilines is 2. The van der Waals surface area contributed by atoms with Gasteiger partial charge in [-0.25, -0.2) is 0 Å². The van der Waals surface area contributed by atoms with Crippen molar-refractivity contribution in [2.75, 3.05) is 37.0 Å². The van der Waals surface area contributed by atoms with Crippen LogP contribution in [0.2, 0.25) is 5.02 Å². The van der Waals surface area contributed by atoms with Crippen molar-refractivity contribution in [2.45, 2.75) is 35.8 Å². The summed E-state index contributed by atoms with van der Waals surface area (Å²) in [6.07, 6.45) is 4.09. The zero-order valence-electron chi connectivity index (χ0n) is 18.4. The number of fused-ring (bicyclic) bond motifs is 1. The Bertz CT molecular complexity index is 1060. The predicted molar refractivity (Wildman–Crippen MR) is 130 cm³/mol. The molecule has 0 saturated carbocycles. The summed E-state index contributed by atoms with van der Waals surface area (Å²) in [5.74, 6) is -0.418. The molecule has 1 fully saturated rings. The predicted octanol–water partition coefficient (Wildman–Crippen LogP) is 4.20. The molecule has 9 heteroatoms. The summed E-state index contributed by atoms with van der Waals surface area (Å²) < 4.78 is 5.14. The third-order valence-corrected chi connectivity index (χ3v) is 7.30. The van der Waals surface area contributed by atoms with Crippen molar-refractivity contribution in [1.82, 2.24) is 4.90 Å². The molecule has 3 amide bonds. The molecule has 2 aromatic rings. The number of likely N-dealkylation sites (tertiary alicyclic amines) is 1. The van der Waals surface area contributed by atoms with Gasteiger partial charge in [0.1, 0.15) is 12.3 Å². The van der Waals surface area contributed by atoms with E-state index in [-0.39, 0.29) is 24.3 Å². The van der Waals surface area contributed by atoms with Gasteiger partial charge in [0.25, 0.3) is 5.91 Å². The first-order valence-corrected chi connectivity index (χ1v) is 12.2. The van der Waals surface area contributed by atoms with E-state index in [2.05, 4.69) is 5.32 Å². The molecule has 1 N–H and O–H groups in total. The average molecular weight is 488 g/mol. The maximum Gasteiger partial charge on any atom is 0.250 e. The largest absolute Gasteiger partial charge is 0.495 e. The van der Waals surface area contributed by atoms with Crippen LogP contribution in [0.5, 0.6) is 5.75 Å². The molecule has 1 atom stereocenters. The summed E-state index contributed by atoms with van der Waals surface area (Å²) in [4.78, 5) is 43.6. The molecule has 0 aliphatic carbocycles. The van der Waals surface area contributed by atoms with Gasteiger partial charge in [0.05, 0.1) is 17.8 Å². The van der Waals surface area contributed by atoms with Crippen molar-refractivity contribution in [1.29, 1.82) is 0 Å². The molecule has 2 aliphatic rings. The zero-order valence-corrected chi connectivity index (χ0v) is 20.0. The van der Waals surface area contributed by atoms with Crippen LogP contribution in [0, 0.1) is 0 Å². The van der Waals surface area contributed by atoms with Crippen LogP contribution in [-0.2, 0) is 14.4 Å². The highest BCUT2D eigenvalue weighted by Gasteiger charge is 2.40. The fraction of sp³-hybridized carbons (Fsp3) is 0.375. The molecule has 2 aliphatic heterocycles. The minimum Gasteiger partial charge on any atom is -0.495 e. The van der Waals surface area contributed by atoms with Crippen LogP contribution in [0.3, 0.4) is 0 Å². The Hall–Kier alpha value is -2.71. The van der Waals surface area contributed by atoms with E-state index >= 15 is 0 Å². The molecular formula is C24H26ClN3O4S. The van der Waals surface area contributed by atoms with Crippen LogP contribution in [0.4, 0.5) is 11.4 Å². The van der Waals surface area contributed by atoms with Gasteiger partial charge in [-0.15, -0.1) is 11.8 Å². The minimum atomic E-state index is -0.888. The van der Waals surface area contributed by atoms with E-state index in [0.717, 1.165) is 30.6 Å². The molecular weight excluding hydrogens is 462 g/mol. The van der Waals surface area contributed by atoms with E-state index in [1.54, 1.807) is 29.2 Å². The van der Waals surface area contributed by atoms with Crippen molar-refractivity contribution < 1.29 is 19.1 Å². The van der Waals surface area contributed by atoms with Crippen LogP contribution in [0.25, 0.3) is 0 Å². The molecule has 0 unspecified atom stereocenters. The van der Waals surface area contributed by atoms with Gasteiger partial charge >= 0.3 is 0 Å². The number of halogens is 1. The van der Waals surface area contributed by atoms with Crippen LogP contribution in [0.15, 0.2) is 47.4 Å². The summed E-state index contributed by atoms with van der Waals surface area (Å²) in [6, 6.07) is 12.3. The fourth-order valence-corrected chi connectivity index (χ4v) is 5.53. The standard InChI is InChI=1S/C24H26ClN3O4S/c1-32-19-11-10-16(14-17(19)25)26-21(29)15-28-18-8-4-5-9-20(18)33-22(24(28)31)23(30)27-12-6-2-3-7-13-27/h4-5,8-11,14,22H,2-3,6-7,12-13,15H2,1H3,(H,26,29)/t22-/m1/s1. The summed E-state index contributed by atoms with van der Waals surface area (Å²) in [6.45, 7) is 1.14. The molecule has 7 nitrogen and oxygen atoms in total. The monoisotopic (exact) mass is 487 g/mol. The van der Waals surface area contributed by atoms with Crippen molar-refractivity contribution in [2.24, 2.45) is 0 Å². The molecule has 174 valence electrons. The van der Waals surface area contributed by atoms with Gasteiger partial charge in [0, 0.05) is 23.7 Å². The lowest BCUT2D eigenvalue weighted by atomic mass is 10.2. The quantitative estimate of drug-likeness (QED) is 0.639. The Balaban J connectivity index is 1.53. The number of carbonyl (C=O) groups is 3. The lowest BCUT2D eigenvalue weighted by Crippen LogP contribution is -2.51. The third kappa shape index (κ3) is 5.28. The number of rotatable bonds is 5. The first kappa shape index (κ1) is 23.4. The number of methoxy groups -OCH3 is 1. The number of thioether (sulfide) groups is 1. The molecule has 0 spiro atoms. The Labute approximate surface area is 202 Å². The zero-order chi connectivity index (χ0) is 23.4. The number of benzene rings is 2. The molecule has 2 heterocycles. The van der Waals surface area contributed by atoms with Gasteiger partial charge in [-0.1, -0.05) is 36.6 Å². The minimum absolute atomic E-state index is 0.172. The van der Waals surface area contributed by atoms with Crippen LogP contribution in [0.1, 0.15) is 25.7 Å². The van der Waals surface area contributed by atoms with E-state index in [9.17, 15) is 14.4 Å². The summed E-state index contributed by atoms with van der Waals surface area (Å²) in [5, 5.41) is 2.26. The number of hydrogen-bond donors (Lipinski definition) is 1. The number of nitrogens with zero attached hydrogens (tertiary/aromatic N) is 2. The Morgan fingerprint density at radius 3 is 2.55 bits per heavy atom. The fourth-order valence-electron chi connectivity index (χ4n) is 4.08. The highest BCUT2D eigenvalue weighted by atomic mass is 35.5. The van der Waals surface area contributed by atoms with E-state index in [1.807, 2.05) is 18.2 Å². The molecule has 0 aromatic heterocycles. The van der Waals surface area contributed by atoms with Gasteiger partial charge in [-0.2, -0.15) is 0 Å². The number of hydrogen-bond acceptors (Lipinski definition) is 5. The van der Waals surface area contributed by atoms with Gasteiger partial charge in [0.15, 0.2) is 5.25 Å². The van der Waals surface area contributed by atoms with E-state index in [1.165, 1.54) is 23.8 Å². The maximum absolute atomic E-state index is 13.4. The maximum atomic E-state index is 13.4. The third-order valence-electron chi connectivity index (χ3n) is 5.77. The van der Waals surface area contributed by atoms with Crippen molar-refractivity contribution in [3.05, 3.63) is 47.5 Å². The topological polar surface area (TPSA) is 79.0 Å². The highest BCUT2D eigenvalue weighted by molar-refractivity contribution is 8.01. The number of nitrogens with one attached hydrogen (secondary N) is 1. The van der Waals surface area contributed by atoms with Crippen LogP contribution < -0.4 is 15.0 Å². The molecule has 33 heavy (non-hydrogen) atoms. The van der Waals surface area contributed by atoms with Crippen molar-refractivity contribution >= 4 is 52.5 Å². The second-order valence-corrected chi connectivity index (χ2v) is 9.58. The molecule has 1 saturated heterocycles. The van der Waals surface area contributed by atoms with Crippen LogP contribution >= 0.6 is 23.4 Å². The Kier molecular flexibility index (Phi) is 7.45. The Morgan fingerprint density at radius 1 is 1.12 bits per heavy atom. The second kappa shape index (κ2) is 10.5. The number of para-hydroxylation sites is 1. The molecule has 2 aromatic carbocycles. The van der Waals surface area contributed by atoms with Gasteiger partial charge < -0.3 is 19.9 Å². The molecule has 4 rings (SSSR count). The van der Waals surface area contributed by atoms with Gasteiger partial charge in [-0.05, 0) is 43.2 Å². The van der Waals surface area contributed by atoms with Crippen molar-refractivity contribution in [3.63, 3.8) is 0 Å². The number of amides is 3. The summed E-state index contributed by atoms with van der Waals surface area (Å²) in [5.41, 5.74) is 1.13. The van der Waals surface area contributed by atoms with Gasteiger partial charge in [-0.3, -0.25) is 14.4 Å². The van der Waals surface area contributed by atoms with E-state index in [4.69, 9.17) is 16.3 Å². The SMILES string of the molecule is COc1ccc(NC(=O)CN2C(=O)[C@@H](C(=O)N3CCCCCC3)Sc3ccccc32)cc1Cl. The first-order chi connectivity index (χ1) is 16.0. The van der Waals surface area contributed by atoms with Crippen molar-refractivity contribution in [3.8, 4) is 5.75 Å². The lowest BCUT2D eigenvalue weighted by Gasteiger charge is -2.34. The van der Waals surface area contributed by atoms with Crippen LogP contribution in [-0.4, -0.2) is 54.6 Å². The van der Waals surface area contributed by atoms with E-state index in [0.29, 0.717) is 35.2 Å². The summed E-state index contributed by atoms with van der Waals surface area (Å²) >= 11 is 7.42. The normalized spacial score (nSPS) is 18.4. The molecule has 0 radical (unpaired) electrons. The highest BCUT2D eigenvalue weighted by Crippen LogP contribution is 2.40. The number of carbonyl (C=O) groups excluding carboxylic acids is 3. The Morgan fingerprint density at radius 2 is 1.85 bits per heavy atom. The second-order valence-electron chi connectivity index (χ2n) is 8.03. The lowest BCUT2D eigenvalue weighted by molar-refractivity contribution is -0.135. The smallest absolute Gasteiger partial charge is 0.250 e. The van der Waals surface area contributed by atoms with Gasteiger partial charge in [0.2, 0.25) is 11.8 Å². The van der Waals surface area contributed by atoms with E-state index < -0.39 is 5.25 Å². The summed E-state index contributed by atoms with van der Waals surface area (Å²) in [7, 11) is 1.51.